The number of hydrogen-bond donors (Lipinski definition) is 0. The number of ether oxygens (including phenoxy) is 1. The fourth-order valence-electron chi connectivity index (χ4n) is 3.94. The SMILES string of the molecule is c1ccc2c(c1)Oc1ccccc1N2c1cc(-c2ccncn2)cc(-c2ccncn2)c1. The molecule has 6 nitrogen and oxygen atoms in total. The second-order valence-electron chi connectivity index (χ2n) is 7.33. The number of aromatic nitrogens is 4. The van der Waals surface area contributed by atoms with Crippen molar-refractivity contribution < 1.29 is 4.74 Å². The molecule has 6 heteroatoms. The largest absolute Gasteiger partial charge is 0.453 e. The first-order valence-electron chi connectivity index (χ1n) is 10.2. The van der Waals surface area contributed by atoms with Crippen LogP contribution in [0.2, 0.25) is 0 Å². The molecule has 0 N–H and O–H groups in total. The molecule has 0 radical (unpaired) electrons. The second-order valence-corrected chi connectivity index (χ2v) is 7.33. The molecule has 0 fully saturated rings. The van der Waals surface area contributed by atoms with Crippen molar-refractivity contribution in [3.05, 3.63) is 104 Å². The molecule has 0 atom stereocenters. The average Bonchev–Trinajstić information content (AvgIpc) is 2.88. The van der Waals surface area contributed by atoms with Gasteiger partial charge in [-0.2, -0.15) is 0 Å². The molecule has 1 aliphatic heterocycles. The van der Waals surface area contributed by atoms with Gasteiger partial charge in [-0.15, -0.1) is 0 Å². The summed E-state index contributed by atoms with van der Waals surface area (Å²) < 4.78 is 6.18. The lowest BCUT2D eigenvalue weighted by molar-refractivity contribution is 0.477. The fraction of sp³-hybridized carbons (Fsp3) is 0. The Hall–Kier alpha value is -4.58. The van der Waals surface area contributed by atoms with Crippen LogP contribution in [0.3, 0.4) is 0 Å². The van der Waals surface area contributed by atoms with Gasteiger partial charge in [0.2, 0.25) is 0 Å². The van der Waals surface area contributed by atoms with Crippen LogP contribution in [0.25, 0.3) is 22.5 Å². The molecule has 3 aromatic carbocycles. The summed E-state index contributed by atoms with van der Waals surface area (Å²) >= 11 is 0. The van der Waals surface area contributed by atoms with Crippen molar-refractivity contribution in [3.63, 3.8) is 0 Å². The molecular formula is C26H17N5O. The van der Waals surface area contributed by atoms with E-state index in [-0.39, 0.29) is 0 Å². The maximum absolute atomic E-state index is 6.18. The van der Waals surface area contributed by atoms with E-state index in [2.05, 4.69) is 55.2 Å². The van der Waals surface area contributed by atoms with E-state index >= 15 is 0 Å². The molecule has 152 valence electrons. The first-order valence-corrected chi connectivity index (χ1v) is 10.2. The molecule has 5 aromatic rings. The molecule has 2 aromatic heterocycles. The predicted molar refractivity (Wildman–Crippen MR) is 123 cm³/mol. The third-order valence-electron chi connectivity index (χ3n) is 5.36. The summed E-state index contributed by atoms with van der Waals surface area (Å²) in [5.41, 5.74) is 6.55. The Labute approximate surface area is 184 Å². The van der Waals surface area contributed by atoms with Gasteiger partial charge < -0.3 is 9.64 Å². The minimum atomic E-state index is 0.808. The number of anilines is 3. The average molecular weight is 415 g/mol. The van der Waals surface area contributed by atoms with Crippen LogP contribution in [0.4, 0.5) is 17.1 Å². The maximum atomic E-state index is 6.18. The van der Waals surface area contributed by atoms with Gasteiger partial charge in [-0.05, 0) is 54.6 Å². The molecule has 3 heterocycles. The summed E-state index contributed by atoms with van der Waals surface area (Å²) in [4.78, 5) is 19.3. The zero-order valence-electron chi connectivity index (χ0n) is 17.0. The standard InChI is InChI=1S/C26H17N5O/c1-3-7-25-23(5-1)31(24-6-2-4-8-26(24)32-25)20-14-18(21-9-11-27-16-29-21)13-19(15-20)22-10-12-28-17-30-22/h1-17H. The molecule has 32 heavy (non-hydrogen) atoms. The minimum Gasteiger partial charge on any atom is -0.453 e. The monoisotopic (exact) mass is 415 g/mol. The number of nitrogens with zero attached hydrogens (tertiary/aromatic N) is 5. The van der Waals surface area contributed by atoms with E-state index in [1.807, 2.05) is 48.5 Å². The lowest BCUT2D eigenvalue weighted by Crippen LogP contribution is -2.15. The van der Waals surface area contributed by atoms with Crippen LogP contribution in [-0.4, -0.2) is 19.9 Å². The lowest BCUT2D eigenvalue weighted by Gasteiger charge is -2.33. The summed E-state index contributed by atoms with van der Waals surface area (Å²) in [6.07, 6.45) is 6.62. The number of para-hydroxylation sites is 4. The van der Waals surface area contributed by atoms with E-state index in [1.54, 1.807) is 25.0 Å². The van der Waals surface area contributed by atoms with Gasteiger partial charge in [-0.1, -0.05) is 24.3 Å². The van der Waals surface area contributed by atoms with Crippen LogP contribution in [0, 0.1) is 0 Å². The molecule has 0 bridgehead atoms. The van der Waals surface area contributed by atoms with Crippen molar-refractivity contribution in [2.45, 2.75) is 0 Å². The van der Waals surface area contributed by atoms with Gasteiger partial charge in [0.1, 0.15) is 12.7 Å². The summed E-state index contributed by atoms with van der Waals surface area (Å²) in [5, 5.41) is 0. The van der Waals surface area contributed by atoms with Crippen molar-refractivity contribution >= 4 is 17.1 Å². The fourth-order valence-corrected chi connectivity index (χ4v) is 3.94. The zero-order chi connectivity index (χ0) is 21.3. The van der Waals surface area contributed by atoms with Gasteiger partial charge in [0.15, 0.2) is 11.5 Å². The Bertz CT molecular complexity index is 1300. The Morgan fingerprint density at radius 2 is 1.12 bits per heavy atom. The van der Waals surface area contributed by atoms with Gasteiger partial charge >= 0.3 is 0 Å². The number of fused-ring (bicyclic) bond motifs is 2. The Morgan fingerprint density at radius 1 is 0.594 bits per heavy atom. The highest BCUT2D eigenvalue weighted by atomic mass is 16.5. The first-order chi connectivity index (χ1) is 15.9. The topological polar surface area (TPSA) is 64.0 Å². The molecule has 0 unspecified atom stereocenters. The predicted octanol–water partition coefficient (Wildman–Crippen LogP) is 6.18. The highest BCUT2D eigenvalue weighted by molar-refractivity contribution is 5.89. The van der Waals surface area contributed by atoms with Gasteiger partial charge in [0, 0.05) is 29.2 Å². The van der Waals surface area contributed by atoms with E-state index in [0.717, 1.165) is 51.1 Å². The number of hydrogen-bond acceptors (Lipinski definition) is 6. The Morgan fingerprint density at radius 3 is 1.62 bits per heavy atom. The molecule has 0 saturated carbocycles. The highest BCUT2D eigenvalue weighted by Crippen LogP contribution is 2.50. The molecule has 6 rings (SSSR count). The van der Waals surface area contributed by atoms with Gasteiger partial charge in [0.25, 0.3) is 0 Å². The van der Waals surface area contributed by atoms with Gasteiger partial charge in [-0.25, -0.2) is 19.9 Å². The summed E-state index contributed by atoms with van der Waals surface area (Å²) in [5.74, 6) is 1.62. The van der Waals surface area contributed by atoms with Gasteiger partial charge in [-0.3, -0.25) is 0 Å². The van der Waals surface area contributed by atoms with E-state index in [4.69, 9.17) is 4.74 Å². The van der Waals surface area contributed by atoms with Crippen LogP contribution in [0.5, 0.6) is 11.5 Å². The van der Waals surface area contributed by atoms with Crippen LogP contribution in [0.1, 0.15) is 0 Å². The molecule has 0 saturated heterocycles. The number of benzene rings is 3. The van der Waals surface area contributed by atoms with Gasteiger partial charge in [0.05, 0.1) is 22.8 Å². The van der Waals surface area contributed by atoms with Crippen LogP contribution < -0.4 is 9.64 Å². The first kappa shape index (κ1) is 18.2. The molecule has 0 spiro atoms. The van der Waals surface area contributed by atoms with Crippen molar-refractivity contribution in [2.75, 3.05) is 4.90 Å². The Kier molecular flexibility index (Phi) is 4.32. The van der Waals surface area contributed by atoms with Crippen molar-refractivity contribution in [3.8, 4) is 34.0 Å². The van der Waals surface area contributed by atoms with Crippen LogP contribution in [0.15, 0.2) is 104 Å². The van der Waals surface area contributed by atoms with Crippen molar-refractivity contribution in [1.29, 1.82) is 0 Å². The second kappa shape index (κ2) is 7.59. The summed E-state index contributed by atoms with van der Waals surface area (Å²) in [7, 11) is 0. The van der Waals surface area contributed by atoms with Crippen molar-refractivity contribution in [2.24, 2.45) is 0 Å². The summed E-state index contributed by atoms with van der Waals surface area (Å²) in [6.45, 7) is 0. The number of rotatable bonds is 3. The lowest BCUT2D eigenvalue weighted by atomic mass is 10.0. The van der Waals surface area contributed by atoms with Crippen LogP contribution in [-0.2, 0) is 0 Å². The zero-order valence-corrected chi connectivity index (χ0v) is 17.0. The van der Waals surface area contributed by atoms with E-state index < -0.39 is 0 Å². The third-order valence-corrected chi connectivity index (χ3v) is 5.36. The minimum absolute atomic E-state index is 0.808. The van der Waals surface area contributed by atoms with E-state index in [1.165, 1.54) is 0 Å². The van der Waals surface area contributed by atoms with Crippen LogP contribution >= 0.6 is 0 Å². The van der Waals surface area contributed by atoms with E-state index in [9.17, 15) is 0 Å². The third kappa shape index (κ3) is 3.15. The molecule has 0 amide bonds. The van der Waals surface area contributed by atoms with E-state index in [0.29, 0.717) is 0 Å². The maximum Gasteiger partial charge on any atom is 0.151 e. The smallest absolute Gasteiger partial charge is 0.151 e. The molecular weight excluding hydrogens is 398 g/mol. The Balaban J connectivity index is 1.61. The normalized spacial score (nSPS) is 11.9. The summed E-state index contributed by atoms with van der Waals surface area (Å²) in [6, 6.07) is 26.3. The quantitative estimate of drug-likeness (QED) is 0.344. The molecule has 1 aliphatic rings. The molecule has 0 aliphatic carbocycles. The highest BCUT2D eigenvalue weighted by Gasteiger charge is 2.26. The van der Waals surface area contributed by atoms with Crippen molar-refractivity contribution in [1.82, 2.24) is 19.9 Å².